The van der Waals surface area contributed by atoms with E-state index in [4.69, 9.17) is 6.42 Å². The molecule has 0 radical (unpaired) electrons. The van der Waals surface area contributed by atoms with Crippen LogP contribution in [0.2, 0.25) is 0 Å². The minimum absolute atomic E-state index is 0.627. The van der Waals surface area contributed by atoms with Crippen molar-refractivity contribution in [3.8, 4) is 12.3 Å². The lowest BCUT2D eigenvalue weighted by Crippen LogP contribution is -2.56. The van der Waals surface area contributed by atoms with Crippen LogP contribution in [0, 0.1) is 12.3 Å². The maximum absolute atomic E-state index is 9.93. The van der Waals surface area contributed by atoms with Crippen molar-refractivity contribution in [1.29, 1.82) is 0 Å². The molecule has 0 unspecified atom stereocenters. The summed E-state index contributed by atoms with van der Waals surface area (Å²) in [6.45, 7) is 1.25. The molecule has 1 aliphatic heterocycles. The van der Waals surface area contributed by atoms with E-state index in [9.17, 15) is 5.11 Å². The molecule has 2 heteroatoms. The summed E-state index contributed by atoms with van der Waals surface area (Å²) in [6.07, 6.45) is 5.23. The zero-order valence-corrected chi connectivity index (χ0v) is 7.25. The molecule has 2 nitrogen and oxygen atoms in total. The van der Waals surface area contributed by atoms with Crippen LogP contribution in [0.5, 0.6) is 0 Å². The predicted molar refractivity (Wildman–Crippen MR) is 51.1 cm³/mol. The Morgan fingerprint density at radius 1 is 1.31 bits per heavy atom. The van der Waals surface area contributed by atoms with Gasteiger partial charge in [0.25, 0.3) is 0 Å². The molecule has 1 aromatic rings. The summed E-state index contributed by atoms with van der Waals surface area (Å²) in [6, 6.07) is 7.48. The monoisotopic (exact) mass is 173 g/mol. The summed E-state index contributed by atoms with van der Waals surface area (Å²) < 4.78 is 0. The third kappa shape index (κ3) is 1.33. The van der Waals surface area contributed by atoms with Crippen LogP contribution in [0.1, 0.15) is 11.1 Å². The van der Waals surface area contributed by atoms with Crippen molar-refractivity contribution in [2.45, 2.75) is 5.60 Å². The van der Waals surface area contributed by atoms with Gasteiger partial charge in [-0.1, -0.05) is 18.1 Å². The topological polar surface area (TPSA) is 32.3 Å². The van der Waals surface area contributed by atoms with Gasteiger partial charge in [0, 0.05) is 18.7 Å². The third-order valence-corrected chi connectivity index (χ3v) is 2.42. The molecule has 0 aliphatic carbocycles. The van der Waals surface area contributed by atoms with Gasteiger partial charge in [-0.25, -0.2) is 0 Å². The van der Waals surface area contributed by atoms with Gasteiger partial charge in [0.05, 0.1) is 0 Å². The molecule has 1 saturated heterocycles. The van der Waals surface area contributed by atoms with Crippen LogP contribution in [0.15, 0.2) is 24.3 Å². The standard InChI is InChI=1S/C11H11NO/c1-2-9-3-5-10(6-4-9)11(13)7-12-8-11/h1,3-6,12-13H,7-8H2. The van der Waals surface area contributed by atoms with Crippen molar-refractivity contribution in [2.24, 2.45) is 0 Å². The summed E-state index contributed by atoms with van der Waals surface area (Å²) in [4.78, 5) is 0. The number of β-amino-alcohol motifs (C(OH)–C–C–N with tert-alkyl or cyclic N) is 1. The van der Waals surface area contributed by atoms with Crippen LogP contribution < -0.4 is 5.32 Å². The van der Waals surface area contributed by atoms with Crippen LogP contribution in [-0.2, 0) is 5.60 Å². The molecular weight excluding hydrogens is 162 g/mol. The van der Waals surface area contributed by atoms with Crippen molar-refractivity contribution in [2.75, 3.05) is 13.1 Å². The lowest BCUT2D eigenvalue weighted by atomic mass is 9.88. The van der Waals surface area contributed by atoms with Crippen LogP contribution in [0.25, 0.3) is 0 Å². The van der Waals surface area contributed by atoms with E-state index in [-0.39, 0.29) is 0 Å². The second-order valence-electron chi connectivity index (χ2n) is 3.36. The van der Waals surface area contributed by atoms with Crippen molar-refractivity contribution in [3.05, 3.63) is 35.4 Å². The van der Waals surface area contributed by atoms with Gasteiger partial charge < -0.3 is 10.4 Å². The normalized spacial score (nSPS) is 18.8. The van der Waals surface area contributed by atoms with Gasteiger partial charge in [0.1, 0.15) is 5.60 Å². The van der Waals surface area contributed by atoms with E-state index in [0.29, 0.717) is 13.1 Å². The maximum atomic E-state index is 9.93. The highest BCUT2D eigenvalue weighted by molar-refractivity contribution is 5.37. The largest absolute Gasteiger partial charge is 0.382 e. The Labute approximate surface area is 77.6 Å². The van der Waals surface area contributed by atoms with E-state index < -0.39 is 5.60 Å². The molecule has 13 heavy (non-hydrogen) atoms. The summed E-state index contributed by atoms with van der Waals surface area (Å²) in [5.41, 5.74) is 1.11. The molecule has 1 heterocycles. The lowest BCUT2D eigenvalue weighted by molar-refractivity contribution is -0.0146. The second kappa shape index (κ2) is 2.88. The zero-order chi connectivity index (χ0) is 9.31. The molecule has 0 saturated carbocycles. The Morgan fingerprint density at radius 3 is 2.31 bits per heavy atom. The minimum atomic E-state index is -0.673. The molecule has 0 aromatic heterocycles. The Hall–Kier alpha value is -1.30. The van der Waals surface area contributed by atoms with Gasteiger partial charge in [-0.2, -0.15) is 0 Å². The van der Waals surface area contributed by atoms with E-state index in [1.165, 1.54) is 0 Å². The average molecular weight is 173 g/mol. The van der Waals surface area contributed by atoms with E-state index in [1.807, 2.05) is 24.3 Å². The lowest BCUT2D eigenvalue weighted by Gasteiger charge is -2.38. The van der Waals surface area contributed by atoms with Crippen LogP contribution in [0.4, 0.5) is 0 Å². The molecule has 2 rings (SSSR count). The smallest absolute Gasteiger partial charge is 0.114 e. The quantitative estimate of drug-likeness (QED) is 0.605. The number of nitrogens with one attached hydrogen (secondary N) is 1. The maximum Gasteiger partial charge on any atom is 0.114 e. The predicted octanol–water partition coefficient (Wildman–Crippen LogP) is 0.459. The Kier molecular flexibility index (Phi) is 1.84. The van der Waals surface area contributed by atoms with Gasteiger partial charge in [-0.15, -0.1) is 6.42 Å². The molecule has 0 amide bonds. The van der Waals surface area contributed by atoms with Crippen LogP contribution in [-0.4, -0.2) is 18.2 Å². The molecule has 1 aromatic carbocycles. The molecule has 66 valence electrons. The van der Waals surface area contributed by atoms with E-state index >= 15 is 0 Å². The molecule has 0 bridgehead atoms. The van der Waals surface area contributed by atoms with Crippen LogP contribution >= 0.6 is 0 Å². The van der Waals surface area contributed by atoms with E-state index in [2.05, 4.69) is 11.2 Å². The van der Waals surface area contributed by atoms with Crippen molar-refractivity contribution in [3.63, 3.8) is 0 Å². The number of rotatable bonds is 1. The zero-order valence-electron chi connectivity index (χ0n) is 7.25. The fourth-order valence-corrected chi connectivity index (χ4v) is 1.44. The first kappa shape index (κ1) is 8.31. The van der Waals surface area contributed by atoms with E-state index in [0.717, 1.165) is 11.1 Å². The molecular formula is C11H11NO. The number of terminal acetylenes is 1. The third-order valence-electron chi connectivity index (χ3n) is 2.42. The molecule has 2 N–H and O–H groups in total. The fourth-order valence-electron chi connectivity index (χ4n) is 1.44. The van der Waals surface area contributed by atoms with Crippen molar-refractivity contribution >= 4 is 0 Å². The molecule has 0 spiro atoms. The highest BCUT2D eigenvalue weighted by atomic mass is 16.3. The van der Waals surface area contributed by atoms with Gasteiger partial charge in [0.2, 0.25) is 0 Å². The van der Waals surface area contributed by atoms with Gasteiger partial charge in [0.15, 0.2) is 0 Å². The Morgan fingerprint density at radius 2 is 1.92 bits per heavy atom. The van der Waals surface area contributed by atoms with Crippen molar-refractivity contribution < 1.29 is 5.11 Å². The number of hydrogen-bond donors (Lipinski definition) is 2. The highest BCUT2D eigenvalue weighted by Gasteiger charge is 2.35. The molecule has 1 fully saturated rings. The summed E-state index contributed by atoms with van der Waals surface area (Å²) in [7, 11) is 0. The SMILES string of the molecule is C#Cc1ccc(C2(O)CNC2)cc1. The Bertz CT molecular complexity index is 343. The first-order valence-corrected chi connectivity index (χ1v) is 4.25. The second-order valence-corrected chi connectivity index (χ2v) is 3.36. The fraction of sp³-hybridized carbons (Fsp3) is 0.273. The minimum Gasteiger partial charge on any atom is -0.382 e. The average Bonchev–Trinajstić information content (AvgIpc) is 2.14. The molecule has 1 aliphatic rings. The summed E-state index contributed by atoms with van der Waals surface area (Å²) >= 11 is 0. The summed E-state index contributed by atoms with van der Waals surface area (Å²) in [5, 5.41) is 13.0. The number of hydrogen-bond acceptors (Lipinski definition) is 2. The first-order chi connectivity index (χ1) is 6.24. The first-order valence-electron chi connectivity index (χ1n) is 4.25. The summed E-state index contributed by atoms with van der Waals surface area (Å²) in [5.74, 6) is 2.54. The Balaban J connectivity index is 2.28. The van der Waals surface area contributed by atoms with E-state index in [1.54, 1.807) is 0 Å². The van der Waals surface area contributed by atoms with Gasteiger partial charge in [-0.3, -0.25) is 0 Å². The van der Waals surface area contributed by atoms with Gasteiger partial charge in [-0.05, 0) is 17.7 Å². The number of aliphatic hydroxyl groups is 1. The van der Waals surface area contributed by atoms with Crippen LogP contribution in [0.3, 0.4) is 0 Å². The van der Waals surface area contributed by atoms with Gasteiger partial charge >= 0.3 is 0 Å². The number of benzene rings is 1. The van der Waals surface area contributed by atoms with Crippen molar-refractivity contribution in [1.82, 2.24) is 5.32 Å². The highest BCUT2D eigenvalue weighted by Crippen LogP contribution is 2.24. The molecule has 0 atom stereocenters.